The Kier molecular flexibility index (Phi) is 5.20. The predicted octanol–water partition coefficient (Wildman–Crippen LogP) is 2.39. The second kappa shape index (κ2) is 7.72. The first-order chi connectivity index (χ1) is 12.1. The highest BCUT2D eigenvalue weighted by atomic mass is 35.5. The van der Waals surface area contributed by atoms with Gasteiger partial charge in [0.25, 0.3) is 11.5 Å². The molecule has 1 amide bonds. The SMILES string of the molecule is O=C(NCCn1nc(-c2ccc(Cl)cc2)ccc1=O)c1cccnc1. The van der Waals surface area contributed by atoms with Crippen LogP contribution in [0.25, 0.3) is 11.3 Å². The van der Waals surface area contributed by atoms with E-state index in [1.807, 2.05) is 12.1 Å². The van der Waals surface area contributed by atoms with Crippen LogP contribution >= 0.6 is 11.6 Å². The van der Waals surface area contributed by atoms with Crippen molar-refractivity contribution in [2.24, 2.45) is 0 Å². The molecule has 0 saturated heterocycles. The number of aromatic nitrogens is 3. The predicted molar refractivity (Wildman–Crippen MR) is 95.5 cm³/mol. The molecule has 0 aliphatic carbocycles. The van der Waals surface area contributed by atoms with Gasteiger partial charge in [-0.05, 0) is 30.3 Å². The van der Waals surface area contributed by atoms with E-state index < -0.39 is 0 Å². The average molecular weight is 355 g/mol. The fourth-order valence-electron chi connectivity index (χ4n) is 2.26. The fraction of sp³-hybridized carbons (Fsp3) is 0.111. The number of hydrogen-bond donors (Lipinski definition) is 1. The van der Waals surface area contributed by atoms with Crippen LogP contribution in [-0.2, 0) is 6.54 Å². The summed E-state index contributed by atoms with van der Waals surface area (Å²) < 4.78 is 1.33. The molecule has 0 bridgehead atoms. The first-order valence-electron chi connectivity index (χ1n) is 7.66. The molecule has 3 rings (SSSR count). The molecule has 0 aliphatic heterocycles. The molecule has 1 N–H and O–H groups in total. The van der Waals surface area contributed by atoms with E-state index in [2.05, 4.69) is 15.4 Å². The minimum atomic E-state index is -0.241. The maximum absolute atomic E-state index is 12.0. The summed E-state index contributed by atoms with van der Waals surface area (Å²) in [5, 5.41) is 7.72. The number of benzene rings is 1. The molecular formula is C18H15ClN4O2. The Bertz CT molecular complexity index is 924. The van der Waals surface area contributed by atoms with Crippen molar-refractivity contribution in [1.29, 1.82) is 0 Å². The molecule has 0 radical (unpaired) electrons. The molecule has 7 heteroatoms. The maximum atomic E-state index is 12.0. The minimum Gasteiger partial charge on any atom is -0.350 e. The van der Waals surface area contributed by atoms with Crippen LogP contribution < -0.4 is 10.9 Å². The van der Waals surface area contributed by atoms with Gasteiger partial charge in [-0.25, -0.2) is 4.68 Å². The standard InChI is InChI=1S/C18H15ClN4O2/c19-15-5-3-13(4-6-15)16-7-8-17(24)23(22-16)11-10-21-18(25)14-2-1-9-20-12-14/h1-9,12H,10-11H2,(H,21,25). The molecule has 0 fully saturated rings. The molecule has 6 nitrogen and oxygen atoms in total. The molecule has 1 aromatic carbocycles. The third-order valence-corrected chi connectivity index (χ3v) is 3.79. The topological polar surface area (TPSA) is 76.9 Å². The van der Waals surface area contributed by atoms with Crippen LogP contribution in [0.15, 0.2) is 65.7 Å². The van der Waals surface area contributed by atoms with Crippen molar-refractivity contribution in [3.63, 3.8) is 0 Å². The van der Waals surface area contributed by atoms with Crippen molar-refractivity contribution in [1.82, 2.24) is 20.1 Å². The molecule has 0 saturated carbocycles. The van der Waals surface area contributed by atoms with Crippen LogP contribution in [0.2, 0.25) is 5.02 Å². The van der Waals surface area contributed by atoms with Crippen molar-refractivity contribution in [2.75, 3.05) is 6.54 Å². The lowest BCUT2D eigenvalue weighted by molar-refractivity contribution is 0.0951. The molecular weight excluding hydrogens is 340 g/mol. The number of pyridine rings is 1. The molecule has 0 aliphatic rings. The van der Waals surface area contributed by atoms with E-state index >= 15 is 0 Å². The summed E-state index contributed by atoms with van der Waals surface area (Å²) in [6.07, 6.45) is 3.09. The molecule has 25 heavy (non-hydrogen) atoms. The van der Waals surface area contributed by atoms with Crippen molar-refractivity contribution in [2.45, 2.75) is 6.54 Å². The van der Waals surface area contributed by atoms with Gasteiger partial charge in [-0.2, -0.15) is 5.10 Å². The lowest BCUT2D eigenvalue weighted by atomic mass is 10.1. The normalized spacial score (nSPS) is 10.4. The second-order valence-corrected chi connectivity index (χ2v) is 5.72. The van der Waals surface area contributed by atoms with Crippen molar-refractivity contribution >= 4 is 17.5 Å². The van der Waals surface area contributed by atoms with Crippen LogP contribution in [-0.4, -0.2) is 27.2 Å². The molecule has 2 heterocycles. The van der Waals surface area contributed by atoms with E-state index in [0.29, 0.717) is 16.3 Å². The van der Waals surface area contributed by atoms with Crippen LogP contribution in [0.1, 0.15) is 10.4 Å². The Morgan fingerprint density at radius 1 is 1.12 bits per heavy atom. The number of amides is 1. The van der Waals surface area contributed by atoms with Crippen molar-refractivity contribution in [3.8, 4) is 11.3 Å². The van der Waals surface area contributed by atoms with Gasteiger partial charge >= 0.3 is 0 Å². The van der Waals surface area contributed by atoms with E-state index in [0.717, 1.165) is 5.56 Å². The van der Waals surface area contributed by atoms with Gasteiger partial charge in [0.1, 0.15) is 0 Å². The number of hydrogen-bond acceptors (Lipinski definition) is 4. The summed E-state index contributed by atoms with van der Waals surface area (Å²) in [6, 6.07) is 13.7. The minimum absolute atomic E-state index is 0.228. The van der Waals surface area contributed by atoms with Gasteiger partial charge in [-0.1, -0.05) is 23.7 Å². The zero-order valence-corrected chi connectivity index (χ0v) is 14.0. The van der Waals surface area contributed by atoms with E-state index in [1.165, 1.54) is 16.9 Å². The van der Waals surface area contributed by atoms with Crippen LogP contribution in [0, 0.1) is 0 Å². The molecule has 0 spiro atoms. The number of nitrogens with zero attached hydrogens (tertiary/aromatic N) is 3. The van der Waals surface area contributed by atoms with Gasteiger partial charge in [0.2, 0.25) is 0 Å². The Labute approximate surface area is 149 Å². The van der Waals surface area contributed by atoms with Crippen molar-refractivity contribution in [3.05, 3.63) is 81.9 Å². The number of halogens is 1. The van der Waals surface area contributed by atoms with Crippen molar-refractivity contribution < 1.29 is 4.79 Å². The largest absolute Gasteiger partial charge is 0.350 e. The van der Waals surface area contributed by atoms with Crippen LogP contribution in [0.5, 0.6) is 0 Å². The smallest absolute Gasteiger partial charge is 0.266 e. The highest BCUT2D eigenvalue weighted by Gasteiger charge is 2.06. The van der Waals surface area contributed by atoms with E-state index in [4.69, 9.17) is 11.6 Å². The second-order valence-electron chi connectivity index (χ2n) is 5.28. The third kappa shape index (κ3) is 4.30. The Hall–Kier alpha value is -2.99. The molecule has 3 aromatic rings. The summed E-state index contributed by atoms with van der Waals surface area (Å²) in [7, 11) is 0. The summed E-state index contributed by atoms with van der Waals surface area (Å²) in [4.78, 5) is 27.8. The van der Waals surface area contributed by atoms with Crippen LogP contribution in [0.4, 0.5) is 0 Å². The Balaban J connectivity index is 1.68. The molecule has 126 valence electrons. The monoisotopic (exact) mass is 354 g/mol. The summed E-state index contributed by atoms with van der Waals surface area (Å²) in [6.45, 7) is 0.553. The lowest BCUT2D eigenvalue weighted by Crippen LogP contribution is -2.32. The highest BCUT2D eigenvalue weighted by Crippen LogP contribution is 2.18. The molecule has 0 atom stereocenters. The number of nitrogens with one attached hydrogen (secondary N) is 1. The van der Waals surface area contributed by atoms with E-state index in [1.54, 1.807) is 36.5 Å². The zero-order valence-electron chi connectivity index (χ0n) is 13.2. The van der Waals surface area contributed by atoms with Gasteiger partial charge in [0.15, 0.2) is 0 Å². The first kappa shape index (κ1) is 16.9. The fourth-order valence-corrected chi connectivity index (χ4v) is 2.38. The molecule has 2 aromatic heterocycles. The Morgan fingerprint density at radius 3 is 2.64 bits per heavy atom. The summed E-state index contributed by atoms with van der Waals surface area (Å²) in [5.74, 6) is -0.241. The van der Waals surface area contributed by atoms with Gasteiger partial charge in [0.05, 0.1) is 17.8 Å². The quantitative estimate of drug-likeness (QED) is 0.763. The third-order valence-electron chi connectivity index (χ3n) is 3.54. The molecule has 0 unspecified atom stereocenters. The highest BCUT2D eigenvalue weighted by molar-refractivity contribution is 6.30. The summed E-state index contributed by atoms with van der Waals surface area (Å²) in [5.41, 5.74) is 1.76. The van der Waals surface area contributed by atoms with Crippen LogP contribution in [0.3, 0.4) is 0 Å². The number of rotatable bonds is 5. The van der Waals surface area contributed by atoms with Gasteiger partial charge in [0, 0.05) is 35.6 Å². The van der Waals surface area contributed by atoms with Gasteiger partial charge in [-0.3, -0.25) is 14.6 Å². The summed E-state index contributed by atoms with van der Waals surface area (Å²) >= 11 is 5.88. The van der Waals surface area contributed by atoms with Gasteiger partial charge < -0.3 is 5.32 Å². The lowest BCUT2D eigenvalue weighted by Gasteiger charge is -2.08. The number of carbonyl (C=O) groups is 1. The first-order valence-corrected chi connectivity index (χ1v) is 8.03. The Morgan fingerprint density at radius 2 is 1.92 bits per heavy atom. The number of carbonyl (C=O) groups excluding carboxylic acids is 1. The zero-order chi connectivity index (χ0) is 17.6. The van der Waals surface area contributed by atoms with E-state index in [9.17, 15) is 9.59 Å². The average Bonchev–Trinajstić information content (AvgIpc) is 2.64. The maximum Gasteiger partial charge on any atom is 0.266 e. The van der Waals surface area contributed by atoms with Gasteiger partial charge in [-0.15, -0.1) is 0 Å². The van der Waals surface area contributed by atoms with E-state index in [-0.39, 0.29) is 24.6 Å².